The normalized spacial score (nSPS) is 12.9. The third kappa shape index (κ3) is 6.03. The highest BCUT2D eigenvalue weighted by molar-refractivity contribution is 7.92. The van der Waals surface area contributed by atoms with Crippen molar-refractivity contribution >= 4 is 39.1 Å². The minimum atomic E-state index is -3.72. The van der Waals surface area contributed by atoms with Crippen LogP contribution in [0.4, 0.5) is 11.4 Å². The van der Waals surface area contributed by atoms with E-state index in [1.165, 1.54) is 18.2 Å². The molecule has 0 bridgehead atoms. The van der Waals surface area contributed by atoms with Crippen LogP contribution in [0.1, 0.15) is 46.8 Å². The van der Waals surface area contributed by atoms with Crippen molar-refractivity contribution in [3.8, 4) is 0 Å². The molecule has 0 unspecified atom stereocenters. The molecule has 0 aromatic heterocycles. The van der Waals surface area contributed by atoms with Crippen LogP contribution in [0.2, 0.25) is 0 Å². The Balaban J connectivity index is 1.48. The molecule has 198 valence electrons. The molecule has 0 radical (unpaired) electrons. The average Bonchev–Trinajstić information content (AvgIpc) is 2.91. The summed E-state index contributed by atoms with van der Waals surface area (Å²) in [5.74, 6) is -0.770. The summed E-state index contributed by atoms with van der Waals surface area (Å²) >= 11 is 0. The predicted octanol–water partition coefficient (Wildman–Crippen LogP) is 3.86. The molecular weight excluding hydrogens is 504 g/mol. The molecule has 0 saturated heterocycles. The lowest BCUT2D eigenvalue weighted by atomic mass is 9.97. The molecule has 1 heterocycles. The Kier molecular flexibility index (Phi) is 8.11. The van der Waals surface area contributed by atoms with Crippen molar-refractivity contribution in [1.29, 1.82) is 5.41 Å². The smallest absolute Gasteiger partial charge is 0.338 e. The molecular formula is C28H30N4O5S. The van der Waals surface area contributed by atoms with Crippen molar-refractivity contribution in [2.45, 2.75) is 37.5 Å². The molecule has 3 aromatic rings. The van der Waals surface area contributed by atoms with E-state index in [4.69, 9.17) is 15.9 Å². The summed E-state index contributed by atoms with van der Waals surface area (Å²) < 4.78 is 33.0. The van der Waals surface area contributed by atoms with E-state index in [9.17, 15) is 18.0 Å². The largest absolute Gasteiger partial charge is 0.462 e. The lowest BCUT2D eigenvalue weighted by Crippen LogP contribution is -2.35. The van der Waals surface area contributed by atoms with Gasteiger partial charge in [-0.2, -0.15) is 0 Å². The molecule has 3 aromatic carbocycles. The number of nitrogens with two attached hydrogens (primary N) is 1. The van der Waals surface area contributed by atoms with E-state index in [2.05, 4.69) is 4.72 Å². The highest BCUT2D eigenvalue weighted by Crippen LogP contribution is 2.31. The van der Waals surface area contributed by atoms with Crippen LogP contribution in [0.5, 0.6) is 0 Å². The van der Waals surface area contributed by atoms with Crippen molar-refractivity contribution in [3.05, 3.63) is 89.0 Å². The predicted molar refractivity (Wildman–Crippen MR) is 146 cm³/mol. The number of esters is 1. The van der Waals surface area contributed by atoms with Crippen LogP contribution in [0.3, 0.4) is 0 Å². The number of anilines is 2. The summed E-state index contributed by atoms with van der Waals surface area (Å²) in [7, 11) is -3.72. The van der Waals surface area contributed by atoms with E-state index in [-0.39, 0.29) is 29.7 Å². The van der Waals surface area contributed by atoms with Crippen molar-refractivity contribution in [3.63, 3.8) is 0 Å². The standard InChI is InChI=1S/C28H30N4O5S/c1-2-37-28(34)21-11-10-19(24(18-21)27(29)30)12-15-26(33)32-16-6-7-20-17-22(13-14-25(20)32)31-38(35,36)23-8-4-3-5-9-23/h3-5,8-11,13-14,17-18,31H,2,6-7,12,15-16H2,1H3,(H3,29,30). The molecule has 1 aliphatic heterocycles. The van der Waals surface area contributed by atoms with Gasteiger partial charge in [-0.15, -0.1) is 0 Å². The Bertz CT molecular complexity index is 1470. The fourth-order valence-corrected chi connectivity index (χ4v) is 5.57. The number of amides is 1. The SMILES string of the molecule is CCOC(=O)c1ccc(CCC(=O)N2CCCc3cc(NS(=O)(=O)c4ccccc4)ccc32)c(C(=N)N)c1. The van der Waals surface area contributed by atoms with Crippen molar-refractivity contribution in [1.82, 2.24) is 0 Å². The molecule has 38 heavy (non-hydrogen) atoms. The zero-order valence-electron chi connectivity index (χ0n) is 21.1. The minimum absolute atomic E-state index is 0.0902. The number of hydrogen-bond acceptors (Lipinski definition) is 6. The van der Waals surface area contributed by atoms with E-state index in [1.54, 1.807) is 60.4 Å². The number of nitrogens with one attached hydrogen (secondary N) is 2. The molecule has 0 saturated carbocycles. The second-order valence-corrected chi connectivity index (χ2v) is 10.6. The van der Waals surface area contributed by atoms with Gasteiger partial charge in [-0.1, -0.05) is 24.3 Å². The molecule has 1 aliphatic rings. The van der Waals surface area contributed by atoms with Gasteiger partial charge in [0.15, 0.2) is 0 Å². The number of sulfonamides is 1. The van der Waals surface area contributed by atoms with Crippen LogP contribution in [0.15, 0.2) is 71.6 Å². The number of nitrogens with zero attached hydrogens (tertiary/aromatic N) is 1. The van der Waals surface area contributed by atoms with Gasteiger partial charge >= 0.3 is 5.97 Å². The number of carbonyl (C=O) groups is 2. The molecule has 0 atom stereocenters. The third-order valence-electron chi connectivity index (χ3n) is 6.32. The van der Waals surface area contributed by atoms with Crippen LogP contribution in [0.25, 0.3) is 0 Å². The quantitative estimate of drug-likeness (QED) is 0.216. The molecule has 0 spiro atoms. The monoisotopic (exact) mass is 534 g/mol. The highest BCUT2D eigenvalue weighted by Gasteiger charge is 2.24. The van der Waals surface area contributed by atoms with Crippen LogP contribution >= 0.6 is 0 Å². The number of benzene rings is 3. The van der Waals surface area contributed by atoms with Crippen LogP contribution in [-0.4, -0.2) is 39.3 Å². The van der Waals surface area contributed by atoms with E-state index >= 15 is 0 Å². The van der Waals surface area contributed by atoms with Crippen LogP contribution in [0, 0.1) is 5.41 Å². The number of ether oxygens (including phenoxy) is 1. The first-order chi connectivity index (χ1) is 18.2. The summed E-state index contributed by atoms with van der Waals surface area (Å²) in [5, 5.41) is 7.91. The second kappa shape index (κ2) is 11.5. The Morgan fingerprint density at radius 3 is 2.55 bits per heavy atom. The van der Waals surface area contributed by atoms with Gasteiger partial charge in [-0.05, 0) is 79.8 Å². The first-order valence-corrected chi connectivity index (χ1v) is 13.8. The Morgan fingerprint density at radius 2 is 1.84 bits per heavy atom. The lowest BCUT2D eigenvalue weighted by Gasteiger charge is -2.30. The third-order valence-corrected chi connectivity index (χ3v) is 7.72. The average molecular weight is 535 g/mol. The molecule has 9 nitrogen and oxygen atoms in total. The molecule has 0 fully saturated rings. The molecule has 1 amide bonds. The van der Waals surface area contributed by atoms with Gasteiger partial charge in [0.1, 0.15) is 5.84 Å². The fourth-order valence-electron chi connectivity index (χ4n) is 4.50. The van der Waals surface area contributed by atoms with Crippen LogP contribution < -0.4 is 15.4 Å². The van der Waals surface area contributed by atoms with Gasteiger partial charge < -0.3 is 15.4 Å². The zero-order chi connectivity index (χ0) is 27.3. The van der Waals surface area contributed by atoms with Gasteiger partial charge in [-0.25, -0.2) is 13.2 Å². The Labute approximate surface area is 222 Å². The summed E-state index contributed by atoms with van der Waals surface area (Å²) in [5.41, 5.74) is 9.24. The molecule has 0 aliphatic carbocycles. The van der Waals surface area contributed by atoms with Crippen molar-refractivity contribution in [2.24, 2.45) is 5.73 Å². The van der Waals surface area contributed by atoms with E-state index in [1.807, 2.05) is 0 Å². The Morgan fingerprint density at radius 1 is 1.08 bits per heavy atom. The van der Waals surface area contributed by atoms with Crippen molar-refractivity contribution in [2.75, 3.05) is 22.8 Å². The summed E-state index contributed by atoms with van der Waals surface area (Å²) in [6.45, 7) is 2.51. The fraction of sp³-hybridized carbons (Fsp3) is 0.250. The van der Waals surface area contributed by atoms with Gasteiger partial charge in [-0.3, -0.25) is 14.9 Å². The first kappa shape index (κ1) is 26.9. The number of amidine groups is 1. The van der Waals surface area contributed by atoms with E-state index in [0.717, 1.165) is 24.1 Å². The van der Waals surface area contributed by atoms with Crippen LogP contribution in [-0.2, 0) is 32.4 Å². The molecule has 4 rings (SSSR count). The van der Waals surface area contributed by atoms with E-state index in [0.29, 0.717) is 35.3 Å². The number of hydrogen-bond donors (Lipinski definition) is 3. The summed E-state index contributed by atoms with van der Waals surface area (Å²) in [4.78, 5) is 27.2. The van der Waals surface area contributed by atoms with Gasteiger partial charge in [0, 0.05) is 29.9 Å². The summed E-state index contributed by atoms with van der Waals surface area (Å²) in [6, 6.07) is 18.2. The lowest BCUT2D eigenvalue weighted by molar-refractivity contribution is -0.118. The second-order valence-electron chi connectivity index (χ2n) is 8.92. The molecule has 4 N–H and O–H groups in total. The zero-order valence-corrected chi connectivity index (χ0v) is 21.9. The molecule has 10 heteroatoms. The number of carbonyl (C=O) groups excluding carboxylic acids is 2. The highest BCUT2D eigenvalue weighted by atomic mass is 32.2. The maximum absolute atomic E-state index is 13.2. The van der Waals surface area contributed by atoms with Gasteiger partial charge in [0.2, 0.25) is 5.91 Å². The van der Waals surface area contributed by atoms with Gasteiger partial charge in [0.05, 0.1) is 17.1 Å². The van der Waals surface area contributed by atoms with Crippen molar-refractivity contribution < 1.29 is 22.7 Å². The maximum Gasteiger partial charge on any atom is 0.338 e. The maximum atomic E-state index is 13.2. The first-order valence-electron chi connectivity index (χ1n) is 12.3. The Hall–Kier alpha value is -4.18. The number of nitrogen functional groups attached to an aromatic ring is 1. The number of aryl methyl sites for hydroxylation is 2. The summed E-state index contributed by atoms with van der Waals surface area (Å²) in [6.07, 6.45) is 2.00. The number of rotatable bonds is 9. The van der Waals surface area contributed by atoms with E-state index < -0.39 is 16.0 Å². The van der Waals surface area contributed by atoms with Gasteiger partial charge in [0.25, 0.3) is 10.0 Å². The minimum Gasteiger partial charge on any atom is -0.462 e. The topological polar surface area (TPSA) is 143 Å². The number of fused-ring (bicyclic) bond motifs is 1.